The van der Waals surface area contributed by atoms with Gasteiger partial charge in [-0.15, -0.1) is 0 Å². The molecule has 1 atom stereocenters. The van der Waals surface area contributed by atoms with Crippen LogP contribution in [-0.2, 0) is 14.9 Å². The van der Waals surface area contributed by atoms with Gasteiger partial charge >= 0.3 is 0 Å². The molecule has 1 aromatic carbocycles. The maximum Gasteiger partial charge on any atom is 0.230 e. The number of carbonyl (C=O) groups excluding carboxylic acids is 1. The van der Waals surface area contributed by atoms with Gasteiger partial charge < -0.3 is 10.1 Å². The number of carbonyl (C=O) groups is 1. The molecule has 3 rings (SSSR count). The lowest BCUT2D eigenvalue weighted by atomic mass is 9.94. The van der Waals surface area contributed by atoms with Gasteiger partial charge in [-0.2, -0.15) is 11.8 Å². The molecule has 1 aliphatic carbocycles. The van der Waals surface area contributed by atoms with Crippen LogP contribution in [0.15, 0.2) is 24.3 Å². The Morgan fingerprint density at radius 2 is 2.05 bits per heavy atom. The predicted octanol–water partition coefficient (Wildman–Crippen LogP) is 2.50. The highest BCUT2D eigenvalue weighted by atomic mass is 32.2. The van der Waals surface area contributed by atoms with Crippen LogP contribution in [0, 0.1) is 5.82 Å². The van der Waals surface area contributed by atoms with Gasteiger partial charge in [0.1, 0.15) is 5.82 Å². The lowest BCUT2D eigenvalue weighted by Gasteiger charge is -2.28. The minimum absolute atomic E-state index is 0.0439. The zero-order valence-electron chi connectivity index (χ0n) is 12.2. The summed E-state index contributed by atoms with van der Waals surface area (Å²) in [5, 5.41) is 3.06. The standard InChI is InChI=1S/C16H20FNO2S/c1-20-15(8-9-21-11-15)10-18-14(19)16(6-7-16)12-2-4-13(17)5-3-12/h2-5H,6-11H2,1H3,(H,18,19)/t15-/m0/s1. The number of hydrogen-bond acceptors (Lipinski definition) is 3. The van der Waals surface area contributed by atoms with E-state index in [-0.39, 0.29) is 17.3 Å². The van der Waals surface area contributed by atoms with E-state index in [9.17, 15) is 9.18 Å². The first-order valence-corrected chi connectivity index (χ1v) is 8.43. The number of amides is 1. The molecule has 2 fully saturated rings. The van der Waals surface area contributed by atoms with Gasteiger partial charge in [0.25, 0.3) is 0 Å². The summed E-state index contributed by atoms with van der Waals surface area (Å²) in [6.07, 6.45) is 2.64. The lowest BCUT2D eigenvalue weighted by Crippen LogP contribution is -2.47. The Hall–Kier alpha value is -1.07. The van der Waals surface area contributed by atoms with Gasteiger partial charge in [-0.05, 0) is 42.7 Å². The summed E-state index contributed by atoms with van der Waals surface area (Å²) in [7, 11) is 1.71. The van der Waals surface area contributed by atoms with E-state index in [0.29, 0.717) is 6.54 Å². The van der Waals surface area contributed by atoms with Crippen molar-refractivity contribution < 1.29 is 13.9 Å². The third-order valence-electron chi connectivity index (χ3n) is 4.65. The molecular weight excluding hydrogens is 289 g/mol. The first kappa shape index (κ1) is 14.9. The molecule has 1 amide bonds. The average Bonchev–Trinajstić information content (AvgIpc) is 3.18. The summed E-state index contributed by atoms with van der Waals surface area (Å²) in [6.45, 7) is 0.554. The summed E-state index contributed by atoms with van der Waals surface area (Å²) < 4.78 is 18.6. The van der Waals surface area contributed by atoms with E-state index in [1.54, 1.807) is 19.2 Å². The van der Waals surface area contributed by atoms with Gasteiger partial charge in [0.05, 0.1) is 11.0 Å². The van der Waals surface area contributed by atoms with Crippen LogP contribution in [0.2, 0.25) is 0 Å². The number of halogens is 1. The quantitative estimate of drug-likeness (QED) is 0.908. The molecule has 0 radical (unpaired) electrons. The minimum Gasteiger partial charge on any atom is -0.376 e. The fraction of sp³-hybridized carbons (Fsp3) is 0.562. The Morgan fingerprint density at radius 3 is 2.57 bits per heavy atom. The highest BCUT2D eigenvalue weighted by Gasteiger charge is 2.51. The highest BCUT2D eigenvalue weighted by molar-refractivity contribution is 7.99. The molecule has 1 heterocycles. The van der Waals surface area contributed by atoms with Crippen molar-refractivity contribution >= 4 is 17.7 Å². The van der Waals surface area contributed by atoms with Gasteiger partial charge in [-0.1, -0.05) is 12.1 Å². The summed E-state index contributed by atoms with van der Waals surface area (Å²) in [4.78, 5) is 12.6. The minimum atomic E-state index is -0.450. The van der Waals surface area contributed by atoms with Crippen molar-refractivity contribution in [2.24, 2.45) is 0 Å². The second-order valence-corrected chi connectivity index (χ2v) is 7.07. The van der Waals surface area contributed by atoms with E-state index < -0.39 is 5.41 Å². The molecule has 114 valence electrons. The Labute approximate surface area is 128 Å². The van der Waals surface area contributed by atoms with Crippen LogP contribution in [0.3, 0.4) is 0 Å². The van der Waals surface area contributed by atoms with E-state index in [4.69, 9.17) is 4.74 Å². The summed E-state index contributed by atoms with van der Waals surface area (Å²) in [5.74, 6) is 1.78. The van der Waals surface area contributed by atoms with Gasteiger partial charge in [-0.3, -0.25) is 4.79 Å². The molecule has 0 bridgehead atoms. The van der Waals surface area contributed by atoms with Crippen LogP contribution < -0.4 is 5.32 Å². The van der Waals surface area contributed by atoms with E-state index >= 15 is 0 Å². The van der Waals surface area contributed by atoms with Crippen LogP contribution in [0.1, 0.15) is 24.8 Å². The molecule has 5 heteroatoms. The number of hydrogen-bond donors (Lipinski definition) is 1. The number of benzene rings is 1. The van der Waals surface area contributed by atoms with Crippen molar-refractivity contribution in [3.05, 3.63) is 35.6 Å². The Kier molecular flexibility index (Phi) is 3.97. The first-order valence-electron chi connectivity index (χ1n) is 7.28. The van der Waals surface area contributed by atoms with Crippen LogP contribution >= 0.6 is 11.8 Å². The number of thioether (sulfide) groups is 1. The fourth-order valence-corrected chi connectivity index (χ4v) is 4.31. The van der Waals surface area contributed by atoms with E-state index in [1.165, 1.54) is 12.1 Å². The summed E-state index contributed by atoms with van der Waals surface area (Å²) in [6, 6.07) is 6.29. The highest BCUT2D eigenvalue weighted by Crippen LogP contribution is 2.48. The number of nitrogens with one attached hydrogen (secondary N) is 1. The molecule has 1 saturated heterocycles. The van der Waals surface area contributed by atoms with Crippen LogP contribution in [0.5, 0.6) is 0 Å². The Balaban J connectivity index is 1.66. The molecule has 21 heavy (non-hydrogen) atoms. The monoisotopic (exact) mass is 309 g/mol. The molecule has 1 aliphatic heterocycles. The van der Waals surface area contributed by atoms with E-state index in [2.05, 4.69) is 5.32 Å². The predicted molar refractivity (Wildman–Crippen MR) is 82.0 cm³/mol. The zero-order valence-corrected chi connectivity index (χ0v) is 13.0. The maximum absolute atomic E-state index is 13.0. The number of rotatable bonds is 5. The number of methoxy groups -OCH3 is 1. The molecule has 2 aliphatic rings. The SMILES string of the molecule is CO[C@]1(CNC(=O)C2(c3ccc(F)cc3)CC2)CCSC1. The third kappa shape index (κ3) is 2.81. The maximum atomic E-state index is 13.0. The van der Waals surface area contributed by atoms with Gasteiger partial charge in [0.2, 0.25) is 5.91 Å². The second-order valence-electron chi connectivity index (χ2n) is 5.96. The van der Waals surface area contributed by atoms with Crippen molar-refractivity contribution in [3.63, 3.8) is 0 Å². The average molecular weight is 309 g/mol. The molecule has 1 saturated carbocycles. The molecule has 3 nitrogen and oxygen atoms in total. The fourth-order valence-electron chi connectivity index (χ4n) is 2.91. The van der Waals surface area contributed by atoms with Crippen molar-refractivity contribution in [1.29, 1.82) is 0 Å². The van der Waals surface area contributed by atoms with Gasteiger partial charge in [0.15, 0.2) is 0 Å². The molecule has 1 aromatic rings. The third-order valence-corrected chi connectivity index (χ3v) is 5.88. The summed E-state index contributed by atoms with van der Waals surface area (Å²) >= 11 is 1.86. The van der Waals surface area contributed by atoms with Crippen molar-refractivity contribution in [2.45, 2.75) is 30.3 Å². The van der Waals surface area contributed by atoms with Crippen LogP contribution in [0.25, 0.3) is 0 Å². The molecular formula is C16H20FNO2S. The molecule has 0 aromatic heterocycles. The molecule has 0 spiro atoms. The topological polar surface area (TPSA) is 38.3 Å². The first-order chi connectivity index (χ1) is 10.1. The lowest BCUT2D eigenvalue weighted by molar-refractivity contribution is -0.125. The number of ether oxygens (including phenoxy) is 1. The van der Waals surface area contributed by atoms with E-state index in [1.807, 2.05) is 11.8 Å². The van der Waals surface area contributed by atoms with Crippen molar-refractivity contribution in [3.8, 4) is 0 Å². The summed E-state index contributed by atoms with van der Waals surface area (Å²) in [5.41, 5.74) is 0.238. The zero-order chi connectivity index (χ0) is 14.9. The molecule has 0 unspecified atom stereocenters. The van der Waals surface area contributed by atoms with Crippen LogP contribution in [0.4, 0.5) is 4.39 Å². The normalized spacial score (nSPS) is 26.6. The van der Waals surface area contributed by atoms with Crippen molar-refractivity contribution in [1.82, 2.24) is 5.32 Å². The van der Waals surface area contributed by atoms with E-state index in [0.717, 1.165) is 36.3 Å². The van der Waals surface area contributed by atoms with Crippen molar-refractivity contribution in [2.75, 3.05) is 25.2 Å². The van der Waals surface area contributed by atoms with Gasteiger partial charge in [0, 0.05) is 19.4 Å². The Morgan fingerprint density at radius 1 is 1.33 bits per heavy atom. The second kappa shape index (κ2) is 5.61. The smallest absolute Gasteiger partial charge is 0.230 e. The largest absolute Gasteiger partial charge is 0.376 e. The van der Waals surface area contributed by atoms with Gasteiger partial charge in [-0.25, -0.2) is 4.39 Å². The van der Waals surface area contributed by atoms with Crippen LogP contribution in [-0.4, -0.2) is 36.7 Å². The Bertz CT molecular complexity index is 522. The molecule has 1 N–H and O–H groups in total.